The van der Waals surface area contributed by atoms with Crippen LogP contribution in [0.4, 0.5) is 9.52 Å². The molecule has 0 saturated heterocycles. The number of amides is 2. The summed E-state index contributed by atoms with van der Waals surface area (Å²) in [4.78, 5) is 30.6. The lowest BCUT2D eigenvalue weighted by Gasteiger charge is -2.11. The van der Waals surface area contributed by atoms with Gasteiger partial charge in [0.2, 0.25) is 5.91 Å². The number of aryl methyl sites for hydroxylation is 1. The van der Waals surface area contributed by atoms with Crippen molar-refractivity contribution >= 4 is 28.3 Å². The second-order valence-corrected chi connectivity index (χ2v) is 8.03. The molecular formula is C22H20FN3O3S. The maximum atomic E-state index is 13.0. The molecule has 0 radical (unpaired) electrons. The van der Waals surface area contributed by atoms with Gasteiger partial charge in [-0.25, -0.2) is 9.37 Å². The van der Waals surface area contributed by atoms with Crippen molar-refractivity contribution < 1.29 is 18.7 Å². The van der Waals surface area contributed by atoms with Crippen LogP contribution in [0.1, 0.15) is 38.8 Å². The summed E-state index contributed by atoms with van der Waals surface area (Å²) < 4.78 is 18.1. The number of carbonyl (C=O) groups is 2. The summed E-state index contributed by atoms with van der Waals surface area (Å²) in [5, 5.41) is 6.18. The summed E-state index contributed by atoms with van der Waals surface area (Å²) in [6.07, 6.45) is 1.44. The summed E-state index contributed by atoms with van der Waals surface area (Å²) >= 11 is 1.40. The van der Waals surface area contributed by atoms with E-state index in [0.717, 1.165) is 22.6 Å². The molecular weight excluding hydrogens is 405 g/mol. The zero-order chi connectivity index (χ0) is 21.1. The lowest BCUT2D eigenvalue weighted by molar-refractivity contribution is -0.122. The first kappa shape index (κ1) is 20.0. The second-order valence-electron chi connectivity index (χ2n) is 6.95. The van der Waals surface area contributed by atoms with Gasteiger partial charge in [-0.2, -0.15) is 0 Å². The van der Waals surface area contributed by atoms with Crippen molar-refractivity contribution in [1.82, 2.24) is 10.3 Å². The number of nitrogens with zero attached hydrogens (tertiary/aromatic N) is 1. The number of halogens is 1. The molecule has 0 unspecified atom stereocenters. The summed E-state index contributed by atoms with van der Waals surface area (Å²) in [6, 6.07) is 12.8. The SMILES string of the molecule is COc1ccc(C(=O)Nc2nc3c(s2)CC[C@@H]3C(=O)NCc2ccc(F)cc2)cc1. The summed E-state index contributed by atoms with van der Waals surface area (Å²) in [5.74, 6) is -0.353. The number of methoxy groups -OCH3 is 1. The third kappa shape index (κ3) is 4.33. The Morgan fingerprint density at radius 2 is 1.90 bits per heavy atom. The van der Waals surface area contributed by atoms with E-state index in [4.69, 9.17) is 4.74 Å². The van der Waals surface area contributed by atoms with Gasteiger partial charge in [-0.1, -0.05) is 12.1 Å². The lowest BCUT2D eigenvalue weighted by Crippen LogP contribution is -2.28. The molecule has 0 spiro atoms. The van der Waals surface area contributed by atoms with Gasteiger partial charge in [0.1, 0.15) is 11.6 Å². The van der Waals surface area contributed by atoms with E-state index in [2.05, 4.69) is 15.6 Å². The molecule has 30 heavy (non-hydrogen) atoms. The number of anilines is 1. The highest BCUT2D eigenvalue weighted by molar-refractivity contribution is 7.16. The summed E-state index contributed by atoms with van der Waals surface area (Å²) in [5.41, 5.74) is 2.05. The molecule has 2 aromatic carbocycles. The number of nitrogens with one attached hydrogen (secondary N) is 2. The minimum atomic E-state index is -0.344. The Morgan fingerprint density at radius 3 is 2.60 bits per heavy atom. The third-order valence-corrected chi connectivity index (χ3v) is 6.03. The standard InChI is InChI=1S/C22H20FN3O3S/c1-29-16-8-4-14(5-9-16)20(27)26-22-25-19-17(10-11-18(19)30-22)21(28)24-12-13-2-6-15(23)7-3-13/h2-9,17H,10-12H2,1H3,(H,24,28)(H,25,26,27)/t17-/m0/s1. The Bertz CT molecular complexity index is 1060. The normalized spacial score (nSPS) is 14.8. The van der Waals surface area contributed by atoms with Gasteiger partial charge in [0, 0.05) is 17.0 Å². The van der Waals surface area contributed by atoms with Crippen molar-refractivity contribution in [2.45, 2.75) is 25.3 Å². The van der Waals surface area contributed by atoms with Crippen LogP contribution in [-0.4, -0.2) is 23.9 Å². The molecule has 1 atom stereocenters. The zero-order valence-corrected chi connectivity index (χ0v) is 17.1. The van der Waals surface area contributed by atoms with Crippen molar-refractivity contribution in [1.29, 1.82) is 0 Å². The lowest BCUT2D eigenvalue weighted by atomic mass is 10.1. The molecule has 0 bridgehead atoms. The predicted octanol–water partition coefficient (Wildman–Crippen LogP) is 3.89. The summed E-state index contributed by atoms with van der Waals surface area (Å²) in [6.45, 7) is 0.330. The fourth-order valence-electron chi connectivity index (χ4n) is 3.36. The average molecular weight is 425 g/mol. The molecule has 0 saturated carbocycles. The number of rotatable bonds is 6. The van der Waals surface area contributed by atoms with Crippen LogP contribution in [0.5, 0.6) is 5.75 Å². The number of thiazole rings is 1. The second kappa shape index (κ2) is 8.62. The highest BCUT2D eigenvalue weighted by atomic mass is 32.1. The van der Waals surface area contributed by atoms with E-state index in [0.29, 0.717) is 29.4 Å². The Balaban J connectivity index is 1.39. The van der Waals surface area contributed by atoms with E-state index in [1.807, 2.05) is 0 Å². The maximum Gasteiger partial charge on any atom is 0.257 e. The Kier molecular flexibility index (Phi) is 5.76. The minimum Gasteiger partial charge on any atom is -0.497 e. The molecule has 3 aromatic rings. The van der Waals surface area contributed by atoms with Crippen molar-refractivity contribution in [2.75, 3.05) is 12.4 Å². The molecule has 0 fully saturated rings. The van der Waals surface area contributed by atoms with Crippen LogP contribution in [-0.2, 0) is 17.8 Å². The highest BCUT2D eigenvalue weighted by Crippen LogP contribution is 2.38. The van der Waals surface area contributed by atoms with Crippen molar-refractivity contribution in [3.8, 4) is 5.75 Å². The van der Waals surface area contributed by atoms with Crippen molar-refractivity contribution in [3.63, 3.8) is 0 Å². The van der Waals surface area contributed by atoms with Crippen LogP contribution in [0.3, 0.4) is 0 Å². The topological polar surface area (TPSA) is 80.3 Å². The molecule has 1 aromatic heterocycles. The van der Waals surface area contributed by atoms with Crippen LogP contribution >= 0.6 is 11.3 Å². The van der Waals surface area contributed by atoms with E-state index in [-0.39, 0.29) is 23.5 Å². The molecule has 6 nitrogen and oxygen atoms in total. The Labute approximate surface area is 177 Å². The van der Waals surface area contributed by atoms with Crippen molar-refractivity contribution in [3.05, 3.63) is 76.0 Å². The number of benzene rings is 2. The van der Waals surface area contributed by atoms with E-state index in [1.165, 1.54) is 23.5 Å². The molecule has 2 amide bonds. The van der Waals surface area contributed by atoms with Crippen LogP contribution in [0, 0.1) is 5.82 Å². The first-order valence-electron chi connectivity index (χ1n) is 9.50. The van der Waals surface area contributed by atoms with Gasteiger partial charge in [-0.05, 0) is 54.8 Å². The highest BCUT2D eigenvalue weighted by Gasteiger charge is 2.32. The van der Waals surface area contributed by atoms with Crippen molar-refractivity contribution in [2.24, 2.45) is 0 Å². The predicted molar refractivity (Wildman–Crippen MR) is 112 cm³/mol. The monoisotopic (exact) mass is 425 g/mol. The van der Waals surface area contributed by atoms with Gasteiger partial charge in [0.05, 0.1) is 18.7 Å². The van der Waals surface area contributed by atoms with E-state index in [9.17, 15) is 14.0 Å². The average Bonchev–Trinajstić information content (AvgIpc) is 3.33. The quantitative estimate of drug-likeness (QED) is 0.628. The number of fused-ring (bicyclic) bond motifs is 1. The molecule has 154 valence electrons. The molecule has 1 heterocycles. The molecule has 1 aliphatic rings. The van der Waals surface area contributed by atoms with Crippen LogP contribution < -0.4 is 15.4 Å². The van der Waals surface area contributed by atoms with Gasteiger partial charge < -0.3 is 10.1 Å². The van der Waals surface area contributed by atoms with E-state index < -0.39 is 0 Å². The molecule has 4 rings (SSSR count). The molecule has 1 aliphatic carbocycles. The maximum absolute atomic E-state index is 13.0. The van der Waals surface area contributed by atoms with Crippen LogP contribution in [0.15, 0.2) is 48.5 Å². The smallest absolute Gasteiger partial charge is 0.257 e. The van der Waals surface area contributed by atoms with Crippen LogP contribution in [0.2, 0.25) is 0 Å². The van der Waals surface area contributed by atoms with Gasteiger partial charge in [0.15, 0.2) is 5.13 Å². The van der Waals surface area contributed by atoms with Gasteiger partial charge in [0.25, 0.3) is 5.91 Å². The number of hydrogen-bond acceptors (Lipinski definition) is 5. The Morgan fingerprint density at radius 1 is 1.17 bits per heavy atom. The van der Waals surface area contributed by atoms with Crippen LogP contribution in [0.25, 0.3) is 0 Å². The molecule has 8 heteroatoms. The number of carbonyl (C=O) groups excluding carboxylic acids is 2. The molecule has 0 aliphatic heterocycles. The fourth-order valence-corrected chi connectivity index (χ4v) is 4.40. The van der Waals surface area contributed by atoms with Gasteiger partial charge in [-0.15, -0.1) is 11.3 Å². The molecule has 2 N–H and O–H groups in total. The number of hydrogen-bond donors (Lipinski definition) is 2. The third-order valence-electron chi connectivity index (χ3n) is 4.99. The van der Waals surface area contributed by atoms with E-state index in [1.54, 1.807) is 43.5 Å². The first-order valence-corrected chi connectivity index (χ1v) is 10.3. The van der Waals surface area contributed by atoms with Gasteiger partial charge >= 0.3 is 0 Å². The first-order chi connectivity index (χ1) is 14.5. The Hall–Kier alpha value is -3.26. The number of aromatic nitrogens is 1. The number of ether oxygens (including phenoxy) is 1. The minimum absolute atomic E-state index is 0.114. The fraction of sp³-hybridized carbons (Fsp3) is 0.227. The largest absolute Gasteiger partial charge is 0.497 e. The van der Waals surface area contributed by atoms with Gasteiger partial charge in [-0.3, -0.25) is 14.9 Å². The van der Waals surface area contributed by atoms with E-state index >= 15 is 0 Å². The zero-order valence-electron chi connectivity index (χ0n) is 16.3. The summed E-state index contributed by atoms with van der Waals surface area (Å²) in [7, 11) is 1.57.